The monoisotopic (exact) mass is 358 g/mol. The molecule has 27 heavy (non-hydrogen) atoms. The molecular weight excluding hydrogens is 336 g/mol. The van der Waals surface area contributed by atoms with E-state index in [4.69, 9.17) is 4.74 Å². The van der Waals surface area contributed by atoms with Crippen LogP contribution in [-0.2, 0) is 6.61 Å². The van der Waals surface area contributed by atoms with Crippen LogP contribution in [-0.4, -0.2) is 10.9 Å². The number of rotatable bonds is 6. The van der Waals surface area contributed by atoms with E-state index in [9.17, 15) is 9.90 Å². The van der Waals surface area contributed by atoms with Gasteiger partial charge in [-0.1, -0.05) is 48.5 Å². The van der Waals surface area contributed by atoms with Gasteiger partial charge in [0.1, 0.15) is 18.1 Å². The van der Waals surface area contributed by atoms with Crippen molar-refractivity contribution in [3.8, 4) is 11.5 Å². The van der Waals surface area contributed by atoms with Gasteiger partial charge in [-0.2, -0.15) is 0 Å². The van der Waals surface area contributed by atoms with Crippen molar-refractivity contribution < 1.29 is 14.6 Å². The van der Waals surface area contributed by atoms with E-state index in [0.29, 0.717) is 17.9 Å². The molecule has 3 aromatic rings. The van der Waals surface area contributed by atoms with Gasteiger partial charge in [0.25, 0.3) is 0 Å². The third kappa shape index (κ3) is 4.64. The highest BCUT2D eigenvalue weighted by Gasteiger charge is 2.10. The number of para-hydroxylation sites is 1. The van der Waals surface area contributed by atoms with Gasteiger partial charge in [0.2, 0.25) is 0 Å². The molecule has 0 amide bonds. The van der Waals surface area contributed by atoms with Gasteiger partial charge in [-0.05, 0) is 66.4 Å². The summed E-state index contributed by atoms with van der Waals surface area (Å²) in [6, 6.07) is 20.8. The molecule has 1 N–H and O–H groups in total. The number of ether oxygens (including phenoxy) is 1. The minimum Gasteiger partial charge on any atom is -0.507 e. The van der Waals surface area contributed by atoms with Gasteiger partial charge < -0.3 is 9.84 Å². The first-order valence-corrected chi connectivity index (χ1v) is 8.83. The SMILES string of the molecule is Cc1cc(/C=C/C(=O)c2ccccc2OCc2ccccc2)cc(C)c1O. The van der Waals surface area contributed by atoms with Gasteiger partial charge in [-0.3, -0.25) is 4.79 Å². The number of carbonyl (C=O) groups excluding carboxylic acids is 1. The average Bonchev–Trinajstić information content (AvgIpc) is 2.69. The summed E-state index contributed by atoms with van der Waals surface area (Å²) in [6.07, 6.45) is 3.30. The molecule has 0 atom stereocenters. The van der Waals surface area contributed by atoms with E-state index in [-0.39, 0.29) is 11.5 Å². The number of benzene rings is 3. The Morgan fingerprint density at radius 3 is 2.30 bits per heavy atom. The van der Waals surface area contributed by atoms with Crippen molar-refractivity contribution >= 4 is 11.9 Å². The number of hydrogen-bond acceptors (Lipinski definition) is 3. The molecule has 0 aromatic heterocycles. The minimum absolute atomic E-state index is 0.123. The lowest BCUT2D eigenvalue weighted by Gasteiger charge is -2.10. The summed E-state index contributed by atoms with van der Waals surface area (Å²) < 4.78 is 5.86. The average molecular weight is 358 g/mol. The van der Waals surface area contributed by atoms with Crippen LogP contribution in [0.4, 0.5) is 0 Å². The number of aryl methyl sites for hydroxylation is 2. The zero-order valence-electron chi connectivity index (χ0n) is 15.5. The predicted molar refractivity (Wildman–Crippen MR) is 108 cm³/mol. The fourth-order valence-electron chi connectivity index (χ4n) is 2.88. The lowest BCUT2D eigenvalue weighted by molar-refractivity contribution is 0.104. The van der Waals surface area contributed by atoms with Gasteiger partial charge in [-0.15, -0.1) is 0 Å². The van der Waals surface area contributed by atoms with Crippen molar-refractivity contribution in [3.63, 3.8) is 0 Å². The molecule has 3 rings (SSSR count). The molecular formula is C24H22O3. The standard InChI is InChI=1S/C24H22O3/c1-17-14-20(15-18(2)24(17)26)12-13-22(25)21-10-6-7-11-23(21)27-16-19-8-4-3-5-9-19/h3-15,26H,16H2,1-2H3/b13-12+. The van der Waals surface area contributed by atoms with E-state index < -0.39 is 0 Å². The highest BCUT2D eigenvalue weighted by Crippen LogP contribution is 2.24. The van der Waals surface area contributed by atoms with E-state index in [1.54, 1.807) is 18.2 Å². The van der Waals surface area contributed by atoms with E-state index in [2.05, 4.69) is 0 Å². The molecule has 0 fully saturated rings. The van der Waals surface area contributed by atoms with Gasteiger partial charge in [-0.25, -0.2) is 0 Å². The summed E-state index contributed by atoms with van der Waals surface area (Å²) in [4.78, 5) is 12.7. The van der Waals surface area contributed by atoms with Crippen LogP contribution in [0.25, 0.3) is 6.08 Å². The highest BCUT2D eigenvalue weighted by molar-refractivity contribution is 6.08. The van der Waals surface area contributed by atoms with Gasteiger partial charge in [0.15, 0.2) is 5.78 Å². The maximum atomic E-state index is 12.7. The topological polar surface area (TPSA) is 46.5 Å². The second-order valence-corrected chi connectivity index (χ2v) is 6.47. The van der Waals surface area contributed by atoms with Crippen molar-refractivity contribution in [2.75, 3.05) is 0 Å². The van der Waals surface area contributed by atoms with E-state index >= 15 is 0 Å². The van der Waals surface area contributed by atoms with Crippen LogP contribution in [0.2, 0.25) is 0 Å². The molecule has 0 saturated heterocycles. The van der Waals surface area contributed by atoms with Crippen molar-refractivity contribution in [2.24, 2.45) is 0 Å². The molecule has 0 radical (unpaired) electrons. The second kappa shape index (κ2) is 8.37. The Kier molecular flexibility index (Phi) is 5.72. The third-order valence-electron chi connectivity index (χ3n) is 4.33. The first kappa shape index (κ1) is 18.5. The lowest BCUT2D eigenvalue weighted by atomic mass is 10.0. The Morgan fingerprint density at radius 1 is 0.963 bits per heavy atom. The molecule has 136 valence electrons. The van der Waals surface area contributed by atoms with E-state index in [1.807, 2.05) is 68.4 Å². The fraction of sp³-hybridized carbons (Fsp3) is 0.125. The van der Waals surface area contributed by atoms with Crippen molar-refractivity contribution in [1.82, 2.24) is 0 Å². The molecule has 0 unspecified atom stereocenters. The van der Waals surface area contributed by atoms with Crippen LogP contribution in [0.1, 0.15) is 32.6 Å². The van der Waals surface area contributed by atoms with Gasteiger partial charge >= 0.3 is 0 Å². The Labute approximate surface area is 159 Å². The molecule has 0 heterocycles. The van der Waals surface area contributed by atoms with Crippen LogP contribution in [0.15, 0.2) is 72.8 Å². The first-order chi connectivity index (χ1) is 13.0. The predicted octanol–water partition coefficient (Wildman–Crippen LogP) is 5.48. The summed E-state index contributed by atoms with van der Waals surface area (Å²) in [5.41, 5.74) is 4.02. The maximum absolute atomic E-state index is 12.7. The number of ketones is 1. The molecule has 0 aliphatic carbocycles. The number of phenols is 1. The zero-order chi connectivity index (χ0) is 19.2. The smallest absolute Gasteiger partial charge is 0.189 e. The van der Waals surface area contributed by atoms with Crippen LogP contribution in [0.5, 0.6) is 11.5 Å². The molecule has 3 nitrogen and oxygen atoms in total. The maximum Gasteiger partial charge on any atom is 0.189 e. The molecule has 3 heteroatoms. The van der Waals surface area contributed by atoms with Crippen LogP contribution in [0, 0.1) is 13.8 Å². The number of aromatic hydroxyl groups is 1. The highest BCUT2D eigenvalue weighted by atomic mass is 16.5. The molecule has 3 aromatic carbocycles. The normalized spacial score (nSPS) is 10.9. The Bertz CT molecular complexity index is 949. The summed E-state index contributed by atoms with van der Waals surface area (Å²) >= 11 is 0. The number of allylic oxidation sites excluding steroid dienone is 1. The van der Waals surface area contributed by atoms with Crippen LogP contribution >= 0.6 is 0 Å². The summed E-state index contributed by atoms with van der Waals surface area (Å²) in [7, 11) is 0. The summed E-state index contributed by atoms with van der Waals surface area (Å²) in [5, 5.41) is 9.87. The molecule has 0 aliphatic rings. The second-order valence-electron chi connectivity index (χ2n) is 6.47. The van der Waals surface area contributed by atoms with E-state index in [1.165, 1.54) is 6.08 Å². The van der Waals surface area contributed by atoms with Crippen molar-refractivity contribution in [2.45, 2.75) is 20.5 Å². The minimum atomic E-state index is -0.123. The third-order valence-corrected chi connectivity index (χ3v) is 4.33. The van der Waals surface area contributed by atoms with E-state index in [0.717, 1.165) is 22.3 Å². The summed E-state index contributed by atoms with van der Waals surface area (Å²) in [5.74, 6) is 0.731. The van der Waals surface area contributed by atoms with Gasteiger partial charge in [0.05, 0.1) is 5.56 Å². The first-order valence-electron chi connectivity index (χ1n) is 8.83. The van der Waals surface area contributed by atoms with Crippen molar-refractivity contribution in [1.29, 1.82) is 0 Å². The fourth-order valence-corrected chi connectivity index (χ4v) is 2.88. The largest absolute Gasteiger partial charge is 0.507 e. The molecule has 0 bridgehead atoms. The number of phenolic OH excluding ortho intramolecular Hbond substituents is 1. The number of hydrogen-bond donors (Lipinski definition) is 1. The lowest BCUT2D eigenvalue weighted by Crippen LogP contribution is -2.02. The van der Waals surface area contributed by atoms with Crippen molar-refractivity contribution in [3.05, 3.63) is 101 Å². The molecule has 0 saturated carbocycles. The Morgan fingerprint density at radius 2 is 1.59 bits per heavy atom. The molecule has 0 spiro atoms. The van der Waals surface area contributed by atoms with Gasteiger partial charge in [0, 0.05) is 0 Å². The Balaban J connectivity index is 1.77. The Hall–Kier alpha value is -3.33. The van der Waals surface area contributed by atoms with Crippen LogP contribution in [0.3, 0.4) is 0 Å². The number of carbonyl (C=O) groups is 1. The quantitative estimate of drug-likeness (QED) is 0.468. The summed E-state index contributed by atoms with van der Waals surface area (Å²) in [6.45, 7) is 4.09. The van der Waals surface area contributed by atoms with Crippen LogP contribution < -0.4 is 4.74 Å². The molecule has 0 aliphatic heterocycles. The zero-order valence-corrected chi connectivity index (χ0v) is 15.5.